The fourth-order valence-corrected chi connectivity index (χ4v) is 1.19. The van der Waals surface area contributed by atoms with E-state index in [4.69, 9.17) is 0 Å². The summed E-state index contributed by atoms with van der Waals surface area (Å²) in [4.78, 5) is 10.9. The van der Waals surface area contributed by atoms with Crippen molar-refractivity contribution in [3.8, 4) is 0 Å². The van der Waals surface area contributed by atoms with Crippen LogP contribution in [0.3, 0.4) is 0 Å². The molecule has 1 rings (SSSR count). The quantitative estimate of drug-likeness (QED) is 0.566. The molecule has 3 heteroatoms. The van der Waals surface area contributed by atoms with Crippen LogP contribution in [0.5, 0.6) is 0 Å². The number of methoxy groups -OCH3 is 1. The second-order valence-corrected chi connectivity index (χ2v) is 2.66. The van der Waals surface area contributed by atoms with Gasteiger partial charge < -0.3 is 9.84 Å². The van der Waals surface area contributed by atoms with Gasteiger partial charge in [-0.3, -0.25) is 0 Å². The first-order valence-corrected chi connectivity index (χ1v) is 3.69. The van der Waals surface area contributed by atoms with Crippen molar-refractivity contribution in [2.45, 2.75) is 25.4 Å². The lowest BCUT2D eigenvalue weighted by atomic mass is 9.97. The van der Waals surface area contributed by atoms with Crippen molar-refractivity contribution in [2.75, 3.05) is 7.11 Å². The van der Waals surface area contributed by atoms with Crippen molar-refractivity contribution in [1.29, 1.82) is 0 Å². The number of rotatable bonds is 1. The first-order valence-electron chi connectivity index (χ1n) is 3.69. The largest absolute Gasteiger partial charge is 0.466 e. The first-order chi connectivity index (χ1) is 5.24. The average molecular weight is 156 g/mol. The van der Waals surface area contributed by atoms with Crippen molar-refractivity contribution < 1.29 is 14.6 Å². The van der Waals surface area contributed by atoms with Crippen molar-refractivity contribution in [3.05, 3.63) is 11.6 Å². The smallest absolute Gasteiger partial charge is 0.333 e. The van der Waals surface area contributed by atoms with Crippen LogP contribution in [0.1, 0.15) is 19.3 Å². The molecule has 62 valence electrons. The summed E-state index contributed by atoms with van der Waals surface area (Å²) in [7, 11) is 1.35. The van der Waals surface area contributed by atoms with Gasteiger partial charge in [-0.15, -0.1) is 0 Å². The van der Waals surface area contributed by atoms with Crippen molar-refractivity contribution in [3.63, 3.8) is 0 Å². The van der Waals surface area contributed by atoms with Crippen molar-refractivity contribution in [1.82, 2.24) is 0 Å². The molecule has 0 aromatic rings. The Morgan fingerprint density at radius 1 is 1.82 bits per heavy atom. The lowest BCUT2D eigenvalue weighted by Crippen LogP contribution is -2.17. The highest BCUT2D eigenvalue weighted by Crippen LogP contribution is 2.18. The summed E-state index contributed by atoms with van der Waals surface area (Å²) in [6.45, 7) is 0. The van der Waals surface area contributed by atoms with Gasteiger partial charge in [0.1, 0.15) is 0 Å². The Morgan fingerprint density at radius 3 is 3.09 bits per heavy atom. The maximum atomic E-state index is 10.9. The van der Waals surface area contributed by atoms with Gasteiger partial charge in [0.15, 0.2) is 0 Å². The predicted octanol–water partition coefficient (Wildman–Crippen LogP) is 0.631. The molecule has 1 N–H and O–H groups in total. The van der Waals surface area contributed by atoms with Crippen LogP contribution in [0.2, 0.25) is 0 Å². The van der Waals surface area contributed by atoms with Crippen LogP contribution in [0.15, 0.2) is 11.6 Å². The topological polar surface area (TPSA) is 46.5 Å². The Morgan fingerprint density at radius 2 is 2.55 bits per heavy atom. The third-order valence-corrected chi connectivity index (χ3v) is 1.79. The van der Waals surface area contributed by atoms with E-state index >= 15 is 0 Å². The molecule has 1 atom stereocenters. The van der Waals surface area contributed by atoms with Crippen molar-refractivity contribution in [2.24, 2.45) is 0 Å². The lowest BCUT2D eigenvalue weighted by molar-refractivity contribution is -0.136. The normalized spacial score (nSPS) is 24.2. The molecule has 0 saturated heterocycles. The molecule has 0 heterocycles. The number of hydrogen-bond donors (Lipinski definition) is 1. The summed E-state index contributed by atoms with van der Waals surface area (Å²) in [5.41, 5.74) is 0.603. The van der Waals surface area contributed by atoms with E-state index in [2.05, 4.69) is 4.74 Å². The molecule has 0 bridgehead atoms. The number of aliphatic hydroxyl groups excluding tert-OH is 1. The van der Waals surface area contributed by atoms with E-state index in [1.807, 2.05) is 6.08 Å². The van der Waals surface area contributed by atoms with Gasteiger partial charge >= 0.3 is 5.97 Å². The number of esters is 1. The maximum absolute atomic E-state index is 10.9. The summed E-state index contributed by atoms with van der Waals surface area (Å²) >= 11 is 0. The van der Waals surface area contributed by atoms with Gasteiger partial charge in [0.2, 0.25) is 0 Å². The average Bonchev–Trinajstić information content (AvgIpc) is 2.03. The first kappa shape index (κ1) is 8.27. The number of hydrogen-bond acceptors (Lipinski definition) is 3. The van der Waals surface area contributed by atoms with Crippen LogP contribution in [0, 0.1) is 0 Å². The van der Waals surface area contributed by atoms with E-state index in [0.717, 1.165) is 12.8 Å². The van der Waals surface area contributed by atoms with E-state index < -0.39 is 0 Å². The van der Waals surface area contributed by atoms with E-state index in [0.29, 0.717) is 12.0 Å². The molecule has 0 aliphatic heterocycles. The van der Waals surface area contributed by atoms with Gasteiger partial charge in [-0.05, 0) is 12.8 Å². The number of ether oxygens (including phenoxy) is 1. The minimum Gasteiger partial charge on any atom is -0.466 e. The molecule has 0 fully saturated rings. The zero-order valence-corrected chi connectivity index (χ0v) is 6.54. The fraction of sp³-hybridized carbons (Fsp3) is 0.625. The van der Waals surface area contributed by atoms with Crippen LogP contribution in [-0.2, 0) is 9.53 Å². The Hall–Kier alpha value is -0.830. The highest BCUT2D eigenvalue weighted by molar-refractivity contribution is 5.88. The van der Waals surface area contributed by atoms with Gasteiger partial charge in [0.25, 0.3) is 0 Å². The summed E-state index contributed by atoms with van der Waals surface area (Å²) in [6.07, 6.45) is 3.42. The molecule has 0 aromatic heterocycles. The fourth-order valence-electron chi connectivity index (χ4n) is 1.19. The molecule has 0 unspecified atom stereocenters. The molecule has 0 radical (unpaired) electrons. The third-order valence-electron chi connectivity index (χ3n) is 1.79. The molecule has 0 saturated carbocycles. The van der Waals surface area contributed by atoms with E-state index in [9.17, 15) is 9.90 Å². The Kier molecular flexibility index (Phi) is 2.65. The maximum Gasteiger partial charge on any atom is 0.333 e. The number of carbonyl (C=O) groups excluding carboxylic acids is 1. The summed E-state index contributed by atoms with van der Waals surface area (Å²) in [5, 5.41) is 9.18. The Labute approximate surface area is 65.7 Å². The molecule has 1 aliphatic carbocycles. The van der Waals surface area contributed by atoms with Crippen LogP contribution in [-0.4, -0.2) is 24.3 Å². The number of allylic oxidation sites excluding steroid dienone is 1. The van der Waals surface area contributed by atoms with E-state index in [1.54, 1.807) is 0 Å². The van der Waals surface area contributed by atoms with Gasteiger partial charge in [-0.25, -0.2) is 4.79 Å². The molecule has 0 spiro atoms. The van der Waals surface area contributed by atoms with Gasteiger partial charge in [0, 0.05) is 12.0 Å². The molecule has 1 aliphatic rings. The van der Waals surface area contributed by atoms with Crippen molar-refractivity contribution >= 4 is 5.97 Å². The van der Waals surface area contributed by atoms with Gasteiger partial charge in [-0.1, -0.05) is 6.08 Å². The highest BCUT2D eigenvalue weighted by Gasteiger charge is 2.17. The van der Waals surface area contributed by atoms with E-state index in [1.165, 1.54) is 7.11 Å². The standard InChI is InChI=1S/C8H12O3/c1-11-8(10)6-3-2-4-7(9)5-6/h3,7,9H,2,4-5H2,1H3/t7-/m0/s1. The summed E-state index contributed by atoms with van der Waals surface area (Å²) in [5.74, 6) is -0.316. The second-order valence-electron chi connectivity index (χ2n) is 2.66. The minimum atomic E-state index is -0.367. The highest BCUT2D eigenvalue weighted by atomic mass is 16.5. The molecule has 3 nitrogen and oxygen atoms in total. The zero-order valence-electron chi connectivity index (χ0n) is 6.54. The molecular weight excluding hydrogens is 144 g/mol. The van der Waals surface area contributed by atoms with Crippen LogP contribution >= 0.6 is 0 Å². The lowest BCUT2D eigenvalue weighted by Gasteiger charge is -2.15. The number of carbonyl (C=O) groups is 1. The third kappa shape index (κ3) is 2.05. The van der Waals surface area contributed by atoms with Gasteiger partial charge in [-0.2, -0.15) is 0 Å². The van der Waals surface area contributed by atoms with Crippen LogP contribution < -0.4 is 0 Å². The SMILES string of the molecule is COC(=O)C1=CCC[C@H](O)C1. The molecule has 0 amide bonds. The summed E-state index contributed by atoms with van der Waals surface area (Å²) in [6, 6.07) is 0. The molecular formula is C8H12O3. The Balaban J connectivity index is 2.57. The zero-order chi connectivity index (χ0) is 8.27. The second kappa shape index (κ2) is 3.53. The summed E-state index contributed by atoms with van der Waals surface area (Å²) < 4.78 is 4.52. The number of aliphatic hydroxyl groups is 1. The minimum absolute atomic E-state index is 0.316. The van der Waals surface area contributed by atoms with Crippen LogP contribution in [0.25, 0.3) is 0 Å². The van der Waals surface area contributed by atoms with Crippen LogP contribution in [0.4, 0.5) is 0 Å². The molecule has 11 heavy (non-hydrogen) atoms. The Bertz CT molecular complexity index is 184. The predicted molar refractivity (Wildman–Crippen MR) is 40.0 cm³/mol. The van der Waals surface area contributed by atoms with E-state index in [-0.39, 0.29) is 12.1 Å². The molecule has 0 aromatic carbocycles. The monoisotopic (exact) mass is 156 g/mol. The van der Waals surface area contributed by atoms with Gasteiger partial charge in [0.05, 0.1) is 13.2 Å².